The average molecular weight is 355 g/mol. The minimum absolute atomic E-state index is 0.313. The van der Waals surface area contributed by atoms with Gasteiger partial charge in [0.05, 0.1) is 7.11 Å². The van der Waals surface area contributed by atoms with Gasteiger partial charge in [-0.2, -0.15) is 0 Å². The van der Waals surface area contributed by atoms with Gasteiger partial charge in [-0.3, -0.25) is 4.90 Å². The van der Waals surface area contributed by atoms with Crippen molar-refractivity contribution in [2.24, 2.45) is 0 Å². The third kappa shape index (κ3) is 5.60. The smallest absolute Gasteiger partial charge is 0.342 e. The lowest BCUT2D eigenvalue weighted by atomic mass is 10.1. The van der Waals surface area contributed by atoms with Crippen molar-refractivity contribution >= 4 is 5.97 Å². The van der Waals surface area contributed by atoms with Gasteiger partial charge in [-0.25, -0.2) is 4.79 Å². The second kappa shape index (κ2) is 10.6. The number of methoxy groups -OCH3 is 1. The van der Waals surface area contributed by atoms with Crippen LogP contribution in [0, 0.1) is 0 Å². The number of carbonyl (C=O) groups is 1. The topological polar surface area (TPSA) is 38.8 Å². The van der Waals surface area contributed by atoms with Crippen LogP contribution in [0.15, 0.2) is 54.6 Å². The predicted molar refractivity (Wildman–Crippen MR) is 105 cm³/mol. The molecule has 0 saturated heterocycles. The fraction of sp³-hybridized carbons (Fsp3) is 0.409. The zero-order valence-electron chi connectivity index (χ0n) is 16.0. The Morgan fingerprint density at radius 3 is 2.19 bits per heavy atom. The predicted octanol–water partition coefficient (Wildman–Crippen LogP) is 4.72. The summed E-state index contributed by atoms with van der Waals surface area (Å²) >= 11 is 0. The van der Waals surface area contributed by atoms with E-state index in [1.807, 2.05) is 42.5 Å². The lowest BCUT2D eigenvalue weighted by Crippen LogP contribution is -2.32. The minimum Gasteiger partial charge on any atom is -0.496 e. The van der Waals surface area contributed by atoms with Crippen LogP contribution in [-0.2, 0) is 4.74 Å². The van der Waals surface area contributed by atoms with Gasteiger partial charge in [-0.1, -0.05) is 56.3 Å². The zero-order chi connectivity index (χ0) is 18.8. The summed E-state index contributed by atoms with van der Waals surface area (Å²) in [6.07, 6.45) is 1.83. The van der Waals surface area contributed by atoms with Gasteiger partial charge in [-0.05, 0) is 43.6 Å². The van der Waals surface area contributed by atoms with Crippen LogP contribution in [0.25, 0.3) is 0 Å². The summed E-state index contributed by atoms with van der Waals surface area (Å²) in [6.45, 7) is 7.00. The second-order valence-electron chi connectivity index (χ2n) is 6.31. The number of para-hydroxylation sites is 1. The molecule has 26 heavy (non-hydrogen) atoms. The highest BCUT2D eigenvalue weighted by Gasteiger charge is 2.22. The van der Waals surface area contributed by atoms with Gasteiger partial charge in [0.15, 0.2) is 0 Å². The summed E-state index contributed by atoms with van der Waals surface area (Å²) < 4.78 is 11.2. The molecule has 4 nitrogen and oxygen atoms in total. The molecule has 0 radical (unpaired) electrons. The van der Waals surface area contributed by atoms with E-state index in [-0.39, 0.29) is 12.1 Å². The molecule has 2 aromatic rings. The number of benzene rings is 2. The second-order valence-corrected chi connectivity index (χ2v) is 6.31. The molecule has 0 N–H and O–H groups in total. The fourth-order valence-corrected chi connectivity index (χ4v) is 3.05. The van der Waals surface area contributed by atoms with Crippen LogP contribution >= 0.6 is 0 Å². The Hall–Kier alpha value is -2.33. The molecule has 0 fully saturated rings. The van der Waals surface area contributed by atoms with Gasteiger partial charge in [0.1, 0.15) is 17.4 Å². The summed E-state index contributed by atoms with van der Waals surface area (Å²) in [6, 6.07) is 17.1. The molecule has 0 aromatic heterocycles. The highest BCUT2D eigenvalue weighted by atomic mass is 16.5. The van der Waals surface area contributed by atoms with Crippen LogP contribution in [-0.4, -0.2) is 37.6 Å². The van der Waals surface area contributed by atoms with Crippen LogP contribution in [0.1, 0.15) is 48.7 Å². The van der Waals surface area contributed by atoms with E-state index in [0.29, 0.717) is 17.9 Å². The number of nitrogens with zero attached hydrogens (tertiary/aromatic N) is 1. The van der Waals surface area contributed by atoms with E-state index in [2.05, 4.69) is 18.7 Å². The molecule has 0 spiro atoms. The Morgan fingerprint density at radius 1 is 0.962 bits per heavy atom. The van der Waals surface area contributed by atoms with Gasteiger partial charge < -0.3 is 9.47 Å². The van der Waals surface area contributed by atoms with E-state index in [1.54, 1.807) is 19.2 Å². The highest BCUT2D eigenvalue weighted by molar-refractivity contribution is 5.92. The molecule has 2 aromatic carbocycles. The molecular formula is C22H29NO3. The maximum atomic E-state index is 12.8. The van der Waals surface area contributed by atoms with Crippen molar-refractivity contribution in [3.63, 3.8) is 0 Å². The molecule has 0 aliphatic rings. The van der Waals surface area contributed by atoms with Gasteiger partial charge in [0.2, 0.25) is 0 Å². The lowest BCUT2D eigenvalue weighted by Gasteiger charge is -2.27. The number of ether oxygens (including phenoxy) is 2. The Bertz CT molecular complexity index is 666. The van der Waals surface area contributed by atoms with Crippen molar-refractivity contribution in [3.05, 3.63) is 65.7 Å². The van der Waals surface area contributed by atoms with Gasteiger partial charge in [-0.15, -0.1) is 0 Å². The molecule has 0 heterocycles. The Kier molecular flexibility index (Phi) is 8.16. The third-order valence-corrected chi connectivity index (χ3v) is 4.25. The molecule has 2 rings (SSSR count). The quantitative estimate of drug-likeness (QED) is 0.578. The molecule has 0 aliphatic carbocycles. The van der Waals surface area contributed by atoms with Gasteiger partial charge in [0.25, 0.3) is 0 Å². The maximum absolute atomic E-state index is 12.8. The highest BCUT2D eigenvalue weighted by Crippen LogP contribution is 2.24. The lowest BCUT2D eigenvalue weighted by molar-refractivity contribution is 0.0192. The molecule has 1 unspecified atom stereocenters. The molecular weight excluding hydrogens is 326 g/mol. The summed E-state index contributed by atoms with van der Waals surface area (Å²) in [4.78, 5) is 15.1. The Balaban J connectivity index is 2.22. The van der Waals surface area contributed by atoms with E-state index in [0.717, 1.165) is 31.5 Å². The minimum atomic E-state index is -0.357. The van der Waals surface area contributed by atoms with Crippen LogP contribution in [0.2, 0.25) is 0 Å². The van der Waals surface area contributed by atoms with Crippen molar-refractivity contribution in [1.82, 2.24) is 4.90 Å². The first-order valence-electron chi connectivity index (χ1n) is 9.30. The maximum Gasteiger partial charge on any atom is 0.342 e. The van der Waals surface area contributed by atoms with E-state index in [1.165, 1.54) is 0 Å². The Labute approximate surface area is 156 Å². The first-order chi connectivity index (χ1) is 12.7. The summed E-state index contributed by atoms with van der Waals surface area (Å²) in [5, 5.41) is 0. The molecule has 4 heteroatoms. The SMILES string of the molecule is CCCN(CCC)CC(OC(=O)c1ccccc1OC)c1ccccc1. The van der Waals surface area contributed by atoms with Gasteiger partial charge in [0, 0.05) is 6.54 Å². The van der Waals surface area contributed by atoms with Crippen molar-refractivity contribution in [2.45, 2.75) is 32.8 Å². The standard InChI is InChI=1S/C22H29NO3/c1-4-15-23(16-5-2)17-21(18-11-7-6-8-12-18)26-22(24)19-13-9-10-14-20(19)25-3/h6-14,21H,4-5,15-17H2,1-3H3. The average Bonchev–Trinajstić information content (AvgIpc) is 2.68. The monoisotopic (exact) mass is 355 g/mol. The molecule has 0 aliphatic heterocycles. The largest absolute Gasteiger partial charge is 0.496 e. The van der Waals surface area contributed by atoms with E-state index >= 15 is 0 Å². The summed E-state index contributed by atoms with van der Waals surface area (Å²) in [5.74, 6) is 0.174. The third-order valence-electron chi connectivity index (χ3n) is 4.25. The van der Waals surface area contributed by atoms with Crippen molar-refractivity contribution in [2.75, 3.05) is 26.7 Å². The number of hydrogen-bond acceptors (Lipinski definition) is 4. The van der Waals surface area contributed by atoms with Crippen molar-refractivity contribution in [1.29, 1.82) is 0 Å². The summed E-state index contributed by atoms with van der Waals surface area (Å²) in [5.41, 5.74) is 1.46. The number of carbonyl (C=O) groups excluding carboxylic acids is 1. The van der Waals surface area contributed by atoms with Crippen molar-refractivity contribution in [3.8, 4) is 5.75 Å². The van der Waals surface area contributed by atoms with E-state index < -0.39 is 0 Å². The molecule has 140 valence electrons. The fourth-order valence-electron chi connectivity index (χ4n) is 3.05. The molecule has 0 saturated carbocycles. The number of rotatable bonds is 10. The van der Waals surface area contributed by atoms with Crippen LogP contribution in [0.3, 0.4) is 0 Å². The first-order valence-corrected chi connectivity index (χ1v) is 9.30. The Morgan fingerprint density at radius 2 is 1.58 bits per heavy atom. The van der Waals surface area contributed by atoms with E-state index in [4.69, 9.17) is 9.47 Å². The molecule has 0 amide bonds. The van der Waals surface area contributed by atoms with Gasteiger partial charge >= 0.3 is 5.97 Å². The van der Waals surface area contributed by atoms with Crippen LogP contribution in [0.5, 0.6) is 5.75 Å². The molecule has 0 bridgehead atoms. The number of hydrogen-bond donors (Lipinski definition) is 0. The van der Waals surface area contributed by atoms with Crippen molar-refractivity contribution < 1.29 is 14.3 Å². The molecule has 1 atom stereocenters. The summed E-state index contributed by atoms with van der Waals surface area (Å²) in [7, 11) is 1.56. The van der Waals surface area contributed by atoms with Crippen LogP contribution < -0.4 is 4.74 Å². The van der Waals surface area contributed by atoms with Crippen LogP contribution in [0.4, 0.5) is 0 Å². The normalized spacial score (nSPS) is 12.0. The van der Waals surface area contributed by atoms with E-state index in [9.17, 15) is 4.79 Å². The zero-order valence-corrected chi connectivity index (χ0v) is 16.0. The number of esters is 1. The first kappa shape index (κ1) is 20.0.